The zero-order chi connectivity index (χ0) is 36.2. The van der Waals surface area contributed by atoms with Crippen molar-refractivity contribution in [3.63, 3.8) is 0 Å². The molecular weight excluding hydrogens is 681 g/mol. The molecule has 0 amide bonds. The average Bonchev–Trinajstić information content (AvgIpc) is 3.48. The normalized spacial score (nSPS) is 12.1. The summed E-state index contributed by atoms with van der Waals surface area (Å²) in [6.07, 6.45) is -9.46. The third kappa shape index (κ3) is 5.93. The van der Waals surface area contributed by atoms with Crippen LogP contribution >= 0.6 is 0 Å². The van der Waals surface area contributed by atoms with Crippen LogP contribution in [0.2, 0.25) is 0 Å². The molecule has 8 rings (SSSR count). The van der Waals surface area contributed by atoms with E-state index in [1.54, 1.807) is 34.9 Å². The Bertz CT molecular complexity index is 2480. The molecule has 0 saturated carbocycles. The van der Waals surface area contributed by atoms with Gasteiger partial charge in [-0.2, -0.15) is 26.3 Å². The SMILES string of the molecule is Fc1ccccc1-c1cc(-n2c3ccc(C(F)(F)F)cc3c3cc(C(F)(F)F)ccc32)ccc1-c1nc(-c2ccccc2)nc(-c2ccccc2)n1. The van der Waals surface area contributed by atoms with Crippen molar-refractivity contribution in [1.29, 1.82) is 0 Å². The second-order valence-corrected chi connectivity index (χ2v) is 12.0. The van der Waals surface area contributed by atoms with Gasteiger partial charge >= 0.3 is 12.4 Å². The molecule has 2 heterocycles. The van der Waals surface area contributed by atoms with Crippen LogP contribution in [-0.2, 0) is 12.4 Å². The number of nitrogens with zero attached hydrogens (tertiary/aromatic N) is 4. The lowest BCUT2D eigenvalue weighted by atomic mass is 9.97. The van der Waals surface area contributed by atoms with Crippen LogP contribution in [0, 0.1) is 5.82 Å². The summed E-state index contributed by atoms with van der Waals surface area (Å²) in [5.41, 5.74) is 1.19. The highest BCUT2D eigenvalue weighted by Crippen LogP contribution is 2.42. The zero-order valence-electron chi connectivity index (χ0n) is 26.7. The number of hydrogen-bond acceptors (Lipinski definition) is 3. The van der Waals surface area contributed by atoms with Crippen LogP contribution in [0.15, 0.2) is 140 Å². The van der Waals surface area contributed by atoms with Crippen LogP contribution in [0.4, 0.5) is 30.7 Å². The lowest BCUT2D eigenvalue weighted by Gasteiger charge is -2.16. The number of fused-ring (bicyclic) bond motifs is 3. The largest absolute Gasteiger partial charge is 0.416 e. The van der Waals surface area contributed by atoms with E-state index >= 15 is 4.39 Å². The molecule has 52 heavy (non-hydrogen) atoms. The molecule has 8 aromatic rings. The quantitative estimate of drug-likeness (QED) is 0.168. The fraction of sp³-hybridized carbons (Fsp3) is 0.0488. The first-order valence-electron chi connectivity index (χ1n) is 15.9. The van der Waals surface area contributed by atoms with Crippen LogP contribution in [0.25, 0.3) is 72.8 Å². The standard InChI is InChI=1S/C41H23F7N4/c42-34-14-8-7-13-29(34)31-23-28(52-35-19-15-26(40(43,44)45)21-32(35)33-22-27(41(46,47)48)16-20-36(33)52)17-18-30(31)39-50-37(24-9-3-1-4-10-24)49-38(51-39)25-11-5-2-6-12-25/h1-23H. The molecule has 0 aliphatic rings. The van der Waals surface area contributed by atoms with Gasteiger partial charge in [-0.3, -0.25) is 0 Å². The Morgan fingerprint density at radius 3 is 1.40 bits per heavy atom. The van der Waals surface area contributed by atoms with Crippen molar-refractivity contribution in [2.45, 2.75) is 12.4 Å². The molecule has 0 bridgehead atoms. The third-order valence-corrected chi connectivity index (χ3v) is 8.79. The maximum absolute atomic E-state index is 15.7. The number of alkyl halides is 6. The topological polar surface area (TPSA) is 43.6 Å². The zero-order valence-corrected chi connectivity index (χ0v) is 26.7. The van der Waals surface area contributed by atoms with E-state index in [0.717, 1.165) is 24.3 Å². The minimum atomic E-state index is -4.73. The summed E-state index contributed by atoms with van der Waals surface area (Å²) in [5, 5.41) is -0.0465. The van der Waals surface area contributed by atoms with Crippen molar-refractivity contribution in [2.24, 2.45) is 0 Å². The second kappa shape index (κ2) is 12.4. The Kier molecular flexibility index (Phi) is 7.86. The average molecular weight is 705 g/mol. The van der Waals surface area contributed by atoms with Crippen molar-refractivity contribution >= 4 is 21.8 Å². The van der Waals surface area contributed by atoms with Gasteiger partial charge in [0.1, 0.15) is 5.82 Å². The smallest absolute Gasteiger partial charge is 0.309 e. The van der Waals surface area contributed by atoms with E-state index in [9.17, 15) is 26.3 Å². The van der Waals surface area contributed by atoms with Crippen LogP contribution in [0.5, 0.6) is 0 Å². The van der Waals surface area contributed by atoms with Crippen molar-refractivity contribution in [2.75, 3.05) is 0 Å². The molecule has 0 fully saturated rings. The van der Waals surface area contributed by atoms with Gasteiger partial charge < -0.3 is 4.57 Å². The fourth-order valence-corrected chi connectivity index (χ4v) is 6.35. The lowest BCUT2D eigenvalue weighted by molar-refractivity contribution is -0.138. The van der Waals surface area contributed by atoms with Gasteiger partial charge in [0.15, 0.2) is 17.5 Å². The summed E-state index contributed by atoms with van der Waals surface area (Å²) >= 11 is 0. The van der Waals surface area contributed by atoms with Crippen LogP contribution < -0.4 is 0 Å². The summed E-state index contributed by atoms with van der Waals surface area (Å²) in [5.74, 6) is 0.408. The Morgan fingerprint density at radius 2 is 0.904 bits per heavy atom. The van der Waals surface area contributed by atoms with E-state index in [-0.39, 0.29) is 33.2 Å². The van der Waals surface area contributed by atoms with E-state index in [2.05, 4.69) is 0 Å². The Labute approximate surface area is 291 Å². The molecule has 0 aliphatic carbocycles. The van der Waals surface area contributed by atoms with Gasteiger partial charge in [0.2, 0.25) is 0 Å². The molecule has 11 heteroatoms. The second-order valence-electron chi connectivity index (χ2n) is 12.0. The summed E-state index contributed by atoms with van der Waals surface area (Å²) < 4.78 is 100. The number of benzene rings is 6. The summed E-state index contributed by atoms with van der Waals surface area (Å²) in [6.45, 7) is 0. The highest BCUT2D eigenvalue weighted by atomic mass is 19.4. The highest BCUT2D eigenvalue weighted by molar-refractivity contribution is 6.10. The van der Waals surface area contributed by atoms with E-state index in [1.165, 1.54) is 24.3 Å². The monoisotopic (exact) mass is 704 g/mol. The number of rotatable bonds is 5. The minimum Gasteiger partial charge on any atom is -0.309 e. The molecule has 0 spiro atoms. The van der Waals surface area contributed by atoms with Gasteiger partial charge in [0.25, 0.3) is 0 Å². The van der Waals surface area contributed by atoms with E-state index in [4.69, 9.17) is 15.0 Å². The first-order chi connectivity index (χ1) is 25.0. The summed E-state index contributed by atoms with van der Waals surface area (Å²) in [7, 11) is 0. The molecule has 0 aliphatic heterocycles. The molecule has 256 valence electrons. The molecular formula is C41H23F7N4. The van der Waals surface area contributed by atoms with Gasteiger partial charge in [0, 0.05) is 38.7 Å². The van der Waals surface area contributed by atoms with Crippen LogP contribution in [0.3, 0.4) is 0 Å². The predicted octanol–water partition coefficient (Wildman–Crippen LogP) is 11.8. The number of hydrogen-bond donors (Lipinski definition) is 0. The predicted molar refractivity (Wildman–Crippen MR) is 186 cm³/mol. The first kappa shape index (κ1) is 32.8. The Hall–Kier alpha value is -6.36. The van der Waals surface area contributed by atoms with Gasteiger partial charge in [-0.25, -0.2) is 19.3 Å². The van der Waals surface area contributed by atoms with Gasteiger partial charge in [-0.1, -0.05) is 78.9 Å². The van der Waals surface area contributed by atoms with Crippen molar-refractivity contribution in [3.8, 4) is 51.0 Å². The summed E-state index contributed by atoms with van der Waals surface area (Å²) in [4.78, 5) is 14.4. The molecule has 0 atom stereocenters. The number of aromatic nitrogens is 4. The van der Waals surface area contributed by atoms with Gasteiger partial charge in [0.05, 0.1) is 22.2 Å². The van der Waals surface area contributed by atoms with Gasteiger partial charge in [-0.15, -0.1) is 0 Å². The highest BCUT2D eigenvalue weighted by Gasteiger charge is 2.33. The molecule has 4 nitrogen and oxygen atoms in total. The lowest BCUT2D eigenvalue weighted by Crippen LogP contribution is -2.04. The minimum absolute atomic E-state index is 0.0232. The summed E-state index contributed by atoms with van der Waals surface area (Å²) in [6, 6.07) is 35.5. The van der Waals surface area contributed by atoms with Crippen LogP contribution in [0.1, 0.15) is 11.1 Å². The Balaban J connectivity index is 1.41. The first-order valence-corrected chi connectivity index (χ1v) is 15.9. The molecule has 0 unspecified atom stereocenters. The van der Waals surface area contributed by atoms with E-state index in [1.807, 2.05) is 60.7 Å². The molecule has 0 N–H and O–H groups in total. The molecule has 6 aromatic carbocycles. The maximum atomic E-state index is 15.7. The molecule has 0 saturated heterocycles. The van der Waals surface area contributed by atoms with E-state index < -0.39 is 29.3 Å². The molecule has 2 aromatic heterocycles. The number of halogens is 7. The maximum Gasteiger partial charge on any atom is 0.416 e. The third-order valence-electron chi connectivity index (χ3n) is 8.79. The van der Waals surface area contributed by atoms with Crippen molar-refractivity contribution in [3.05, 3.63) is 156 Å². The van der Waals surface area contributed by atoms with Crippen molar-refractivity contribution < 1.29 is 30.7 Å². The fourth-order valence-electron chi connectivity index (χ4n) is 6.35. The Morgan fingerprint density at radius 1 is 0.423 bits per heavy atom. The van der Waals surface area contributed by atoms with Crippen LogP contribution in [-0.4, -0.2) is 19.5 Å². The van der Waals surface area contributed by atoms with Gasteiger partial charge in [-0.05, 0) is 66.2 Å². The van der Waals surface area contributed by atoms with E-state index in [0.29, 0.717) is 39.6 Å². The molecule has 0 radical (unpaired) electrons. The van der Waals surface area contributed by atoms with Crippen molar-refractivity contribution in [1.82, 2.24) is 19.5 Å².